The van der Waals surface area contributed by atoms with Gasteiger partial charge in [-0.15, -0.1) is 0 Å². The second-order valence-electron chi connectivity index (χ2n) is 14.6. The minimum atomic E-state index is 0.976. The van der Waals surface area contributed by atoms with Crippen LogP contribution in [0.2, 0.25) is 0 Å². The number of aromatic nitrogens is 1. The number of hydrogen-bond acceptors (Lipinski definition) is 1. The molecule has 1 heteroatoms. The molecule has 0 spiro atoms. The molecule has 0 bridgehead atoms. The smallest absolute Gasteiger partial charge is 0.0709 e. The third-order valence-corrected chi connectivity index (χ3v) is 10.7. The molecule has 0 aliphatic carbocycles. The molecule has 0 saturated heterocycles. The molecule has 0 atom stereocenters. The highest BCUT2D eigenvalue weighted by atomic mass is 14.7. The first-order chi connectivity index (χ1) is 27.6. The maximum absolute atomic E-state index is 4.97. The largest absolute Gasteiger partial charge is 0.248 e. The van der Waals surface area contributed by atoms with Crippen LogP contribution < -0.4 is 0 Å². The van der Waals surface area contributed by atoms with E-state index in [4.69, 9.17) is 4.98 Å². The highest BCUT2D eigenvalue weighted by Crippen LogP contribution is 2.38. The summed E-state index contributed by atoms with van der Waals surface area (Å²) in [5.74, 6) is 0. The Hall–Kier alpha value is -7.09. The zero-order valence-electron chi connectivity index (χ0n) is 31.7. The third kappa shape index (κ3) is 7.11. The van der Waals surface area contributed by atoms with Crippen molar-refractivity contribution < 1.29 is 0 Å². The van der Waals surface area contributed by atoms with E-state index in [1.165, 1.54) is 77.6 Å². The van der Waals surface area contributed by atoms with Gasteiger partial charge in [0.05, 0.1) is 11.2 Å². The highest BCUT2D eigenvalue weighted by Gasteiger charge is 2.15. The van der Waals surface area contributed by atoms with Crippen LogP contribution in [0.1, 0.15) is 30.5 Å². The lowest BCUT2D eigenvalue weighted by atomic mass is 9.87. The van der Waals surface area contributed by atoms with Crippen LogP contribution in [-0.2, 0) is 0 Å². The summed E-state index contributed by atoms with van der Waals surface area (Å²) in [5.41, 5.74) is 17.5. The van der Waals surface area contributed by atoms with E-state index < -0.39 is 0 Å². The Morgan fingerprint density at radius 2 is 0.911 bits per heavy atom. The number of fused-ring (bicyclic) bond motifs is 2. The molecule has 8 aromatic carbocycles. The van der Waals surface area contributed by atoms with E-state index in [0.717, 1.165) is 22.2 Å². The van der Waals surface area contributed by atoms with Gasteiger partial charge in [0.2, 0.25) is 0 Å². The first-order valence-electron chi connectivity index (χ1n) is 19.3. The lowest BCUT2D eigenvalue weighted by Gasteiger charge is -2.17. The number of nitrogens with zero attached hydrogens (tertiary/aromatic N) is 1. The van der Waals surface area contributed by atoms with E-state index in [1.807, 2.05) is 6.07 Å². The second kappa shape index (κ2) is 15.3. The number of pyridine rings is 1. The fraction of sp³-hybridized carbons (Fsp3) is 0.0364. The Bertz CT molecular complexity index is 2860. The average Bonchev–Trinajstić information content (AvgIpc) is 3.27. The molecule has 0 saturated carbocycles. The number of allylic oxidation sites excluding steroid dienone is 3. The second-order valence-corrected chi connectivity index (χ2v) is 14.6. The van der Waals surface area contributed by atoms with E-state index in [2.05, 4.69) is 220 Å². The molecule has 56 heavy (non-hydrogen) atoms. The highest BCUT2D eigenvalue weighted by molar-refractivity contribution is 6.02. The molecule has 9 aromatic rings. The van der Waals surface area contributed by atoms with Crippen LogP contribution >= 0.6 is 0 Å². The Labute approximate surface area is 329 Å². The standard InChI is InChI=1S/C55H41N/c1-38(2)51(43-29-31-47(32-30-43)55-34-33-46-17-10-12-20-54(46)56-55)37-52(44-25-21-41(22-26-44)39-13-5-3-6-14-39)49-35-48-18-9-11-19-50(48)53(36-49)45-27-23-42(24-28-45)40-15-7-4-8-16-40/h3-37H,1-2H3/b52-37-. The molecule has 0 aliphatic heterocycles. The molecule has 1 nitrogen and oxygen atoms in total. The van der Waals surface area contributed by atoms with Gasteiger partial charge >= 0.3 is 0 Å². The lowest BCUT2D eigenvalue weighted by Crippen LogP contribution is -1.94. The molecule has 0 unspecified atom stereocenters. The maximum Gasteiger partial charge on any atom is 0.0709 e. The van der Waals surface area contributed by atoms with Crippen molar-refractivity contribution in [1.82, 2.24) is 4.98 Å². The van der Waals surface area contributed by atoms with Crippen molar-refractivity contribution in [2.24, 2.45) is 0 Å². The monoisotopic (exact) mass is 715 g/mol. The first-order valence-corrected chi connectivity index (χ1v) is 19.3. The summed E-state index contributed by atoms with van der Waals surface area (Å²) in [5, 5.41) is 3.60. The Morgan fingerprint density at radius 1 is 0.393 bits per heavy atom. The van der Waals surface area contributed by atoms with Gasteiger partial charge in [-0.2, -0.15) is 0 Å². The van der Waals surface area contributed by atoms with Crippen LogP contribution in [-0.4, -0.2) is 4.98 Å². The van der Waals surface area contributed by atoms with Gasteiger partial charge in [0.15, 0.2) is 0 Å². The van der Waals surface area contributed by atoms with Crippen LogP contribution in [0.5, 0.6) is 0 Å². The quantitative estimate of drug-likeness (QED) is 0.143. The van der Waals surface area contributed by atoms with E-state index in [-0.39, 0.29) is 0 Å². The van der Waals surface area contributed by atoms with Crippen molar-refractivity contribution in [3.8, 4) is 44.6 Å². The van der Waals surface area contributed by atoms with Crippen molar-refractivity contribution in [2.75, 3.05) is 0 Å². The van der Waals surface area contributed by atoms with Crippen LogP contribution in [0, 0.1) is 0 Å². The summed E-state index contributed by atoms with van der Waals surface area (Å²) >= 11 is 0. The molecule has 0 amide bonds. The van der Waals surface area contributed by atoms with Crippen LogP contribution in [0.15, 0.2) is 218 Å². The molecule has 1 aromatic heterocycles. The molecule has 0 aliphatic rings. The first kappa shape index (κ1) is 34.7. The van der Waals surface area contributed by atoms with Crippen LogP contribution in [0.3, 0.4) is 0 Å². The van der Waals surface area contributed by atoms with Gasteiger partial charge in [0.1, 0.15) is 0 Å². The number of benzene rings is 8. The molecule has 266 valence electrons. The SMILES string of the molecule is CC(C)=C(/C=C(/c1ccc(-c2ccccc2)cc1)c1cc(-c2ccc(-c3ccccc3)cc2)c2ccccc2c1)c1ccc(-c2ccc3ccccc3n2)cc1. The van der Waals surface area contributed by atoms with E-state index in [9.17, 15) is 0 Å². The van der Waals surface area contributed by atoms with E-state index in [0.29, 0.717) is 0 Å². The van der Waals surface area contributed by atoms with Crippen molar-refractivity contribution in [2.45, 2.75) is 13.8 Å². The van der Waals surface area contributed by atoms with Crippen LogP contribution in [0.4, 0.5) is 0 Å². The molecule has 1 heterocycles. The summed E-state index contributed by atoms with van der Waals surface area (Å²) < 4.78 is 0. The summed E-state index contributed by atoms with van der Waals surface area (Å²) in [6.45, 7) is 4.42. The van der Waals surface area contributed by atoms with E-state index in [1.54, 1.807) is 0 Å². The van der Waals surface area contributed by atoms with Crippen molar-refractivity contribution in [3.63, 3.8) is 0 Å². The average molecular weight is 716 g/mol. The summed E-state index contributed by atoms with van der Waals surface area (Å²) in [7, 11) is 0. The Balaban J connectivity index is 1.17. The number of para-hydroxylation sites is 1. The van der Waals surface area contributed by atoms with Gasteiger partial charge < -0.3 is 0 Å². The van der Waals surface area contributed by atoms with Gasteiger partial charge in [-0.1, -0.05) is 188 Å². The molecule has 9 rings (SSSR count). The predicted octanol–water partition coefficient (Wildman–Crippen LogP) is 15.0. The van der Waals surface area contributed by atoms with Gasteiger partial charge in [-0.05, 0) is 116 Å². The molecule has 0 N–H and O–H groups in total. The van der Waals surface area contributed by atoms with Crippen LogP contribution in [0.25, 0.3) is 77.5 Å². The third-order valence-electron chi connectivity index (χ3n) is 10.7. The van der Waals surface area contributed by atoms with E-state index >= 15 is 0 Å². The molecule has 0 fully saturated rings. The molecular weight excluding hydrogens is 675 g/mol. The molecular formula is C55H41N. The normalized spacial score (nSPS) is 11.5. The summed E-state index contributed by atoms with van der Waals surface area (Å²) in [6.07, 6.45) is 2.39. The van der Waals surface area contributed by atoms with Gasteiger partial charge in [-0.3, -0.25) is 0 Å². The van der Waals surface area contributed by atoms with Gasteiger partial charge in [-0.25, -0.2) is 4.98 Å². The van der Waals surface area contributed by atoms with Crippen molar-refractivity contribution in [1.29, 1.82) is 0 Å². The summed E-state index contributed by atoms with van der Waals surface area (Å²) in [4.78, 5) is 4.97. The zero-order chi connectivity index (χ0) is 37.8. The van der Waals surface area contributed by atoms with Crippen molar-refractivity contribution in [3.05, 3.63) is 235 Å². The summed E-state index contributed by atoms with van der Waals surface area (Å²) in [6, 6.07) is 74.1. The van der Waals surface area contributed by atoms with Gasteiger partial charge in [0, 0.05) is 10.9 Å². The minimum Gasteiger partial charge on any atom is -0.248 e. The topological polar surface area (TPSA) is 12.9 Å². The fourth-order valence-electron chi connectivity index (χ4n) is 7.69. The predicted molar refractivity (Wildman–Crippen MR) is 239 cm³/mol. The Morgan fingerprint density at radius 3 is 1.57 bits per heavy atom. The molecule has 0 radical (unpaired) electrons. The number of rotatable bonds is 8. The lowest BCUT2D eigenvalue weighted by molar-refractivity contribution is 1.38. The van der Waals surface area contributed by atoms with Gasteiger partial charge in [0.25, 0.3) is 0 Å². The van der Waals surface area contributed by atoms with Crippen molar-refractivity contribution >= 4 is 32.8 Å². The maximum atomic E-state index is 4.97. The number of hydrogen-bond donors (Lipinski definition) is 0. The fourth-order valence-corrected chi connectivity index (χ4v) is 7.69. The Kier molecular flexibility index (Phi) is 9.49. The minimum absolute atomic E-state index is 0.976. The zero-order valence-corrected chi connectivity index (χ0v) is 31.7.